The second-order valence-electron chi connectivity index (χ2n) is 5.41. The number of thioether (sulfide) groups is 1. The molecule has 0 bridgehead atoms. The normalized spacial score (nSPS) is 11.0. The first-order valence-electron chi connectivity index (χ1n) is 8.11. The van der Waals surface area contributed by atoms with E-state index in [1.165, 1.54) is 23.1 Å². The van der Waals surface area contributed by atoms with E-state index in [4.69, 9.17) is 9.47 Å². The fourth-order valence-corrected chi connectivity index (χ4v) is 3.84. The Balaban J connectivity index is 1.53. The molecule has 0 N–H and O–H groups in total. The topological polar surface area (TPSA) is 53.4 Å². The predicted octanol–water partition coefficient (Wildman–Crippen LogP) is 3.95. The second kappa shape index (κ2) is 8.40. The van der Waals surface area contributed by atoms with Crippen molar-refractivity contribution < 1.29 is 9.47 Å². The highest BCUT2D eigenvalue weighted by Gasteiger charge is 2.09. The molecule has 132 valence electrons. The molecule has 0 spiro atoms. The average molecular weight is 377 g/mol. The Morgan fingerprint density at radius 2 is 1.80 bits per heavy atom. The van der Waals surface area contributed by atoms with Crippen molar-refractivity contribution in [3.63, 3.8) is 0 Å². The largest absolute Gasteiger partial charge is 0.494 e. The number of hydrogen-bond acceptors (Lipinski definition) is 6. The Bertz CT molecular complexity index is 887. The summed E-state index contributed by atoms with van der Waals surface area (Å²) in [4.78, 5) is 16.8. The Morgan fingerprint density at radius 3 is 2.48 bits per heavy atom. The summed E-state index contributed by atoms with van der Waals surface area (Å²) in [5.41, 5.74) is 0.769. The lowest BCUT2D eigenvalue weighted by atomic mass is 10.3. The molecule has 2 aromatic heterocycles. The van der Waals surface area contributed by atoms with Gasteiger partial charge in [-0.15, -0.1) is 11.3 Å². The molecule has 0 atom stereocenters. The number of hydrogen-bond donors (Lipinski definition) is 0. The zero-order valence-corrected chi connectivity index (χ0v) is 15.9. The first-order chi connectivity index (χ1) is 12.2. The summed E-state index contributed by atoms with van der Waals surface area (Å²) in [6.45, 7) is 3.34. The summed E-state index contributed by atoms with van der Waals surface area (Å²) >= 11 is 2.95. The van der Waals surface area contributed by atoms with Crippen molar-refractivity contribution >= 4 is 33.3 Å². The van der Waals surface area contributed by atoms with E-state index in [0.717, 1.165) is 30.0 Å². The van der Waals surface area contributed by atoms with Crippen LogP contribution < -0.4 is 15.0 Å². The Labute approximate surface area is 154 Å². The van der Waals surface area contributed by atoms with E-state index in [1.54, 1.807) is 11.6 Å². The quantitative estimate of drug-likeness (QED) is 0.338. The van der Waals surface area contributed by atoms with E-state index < -0.39 is 0 Å². The minimum Gasteiger partial charge on any atom is -0.494 e. The van der Waals surface area contributed by atoms with Crippen LogP contribution in [-0.4, -0.2) is 28.5 Å². The van der Waals surface area contributed by atoms with Crippen LogP contribution in [0.2, 0.25) is 0 Å². The summed E-state index contributed by atoms with van der Waals surface area (Å²) < 4.78 is 13.6. The van der Waals surface area contributed by atoms with E-state index in [9.17, 15) is 4.79 Å². The highest BCUT2D eigenvalue weighted by atomic mass is 32.2. The third kappa shape index (κ3) is 4.35. The van der Waals surface area contributed by atoms with Crippen molar-refractivity contribution in [1.82, 2.24) is 9.55 Å². The van der Waals surface area contributed by atoms with E-state index in [0.29, 0.717) is 22.2 Å². The molecular formula is C18H20N2O3S2. The van der Waals surface area contributed by atoms with Crippen molar-refractivity contribution in [2.45, 2.75) is 18.5 Å². The van der Waals surface area contributed by atoms with Gasteiger partial charge < -0.3 is 9.47 Å². The molecule has 0 aliphatic carbocycles. The van der Waals surface area contributed by atoms with Gasteiger partial charge in [0.25, 0.3) is 5.56 Å². The number of thiophene rings is 1. The van der Waals surface area contributed by atoms with E-state index in [2.05, 4.69) is 11.9 Å². The van der Waals surface area contributed by atoms with E-state index >= 15 is 0 Å². The van der Waals surface area contributed by atoms with Crippen LogP contribution >= 0.6 is 23.1 Å². The lowest BCUT2D eigenvalue weighted by Crippen LogP contribution is -2.19. The minimum absolute atomic E-state index is 0.00564. The maximum Gasteiger partial charge on any atom is 0.271 e. The van der Waals surface area contributed by atoms with Crippen LogP contribution in [0.5, 0.6) is 11.5 Å². The van der Waals surface area contributed by atoms with Gasteiger partial charge in [0.2, 0.25) is 0 Å². The zero-order chi connectivity index (χ0) is 17.6. The summed E-state index contributed by atoms with van der Waals surface area (Å²) in [6, 6.07) is 9.51. The molecule has 0 aliphatic heterocycles. The van der Waals surface area contributed by atoms with Crippen LogP contribution in [0, 0.1) is 0 Å². The molecule has 0 fully saturated rings. The van der Waals surface area contributed by atoms with Crippen LogP contribution in [0.4, 0.5) is 0 Å². The number of benzene rings is 1. The molecule has 25 heavy (non-hydrogen) atoms. The molecule has 0 saturated carbocycles. The average Bonchev–Trinajstić information content (AvgIpc) is 3.10. The monoisotopic (exact) mass is 376 g/mol. The summed E-state index contributed by atoms with van der Waals surface area (Å²) in [5.74, 6) is 2.37. The second-order valence-corrected chi connectivity index (χ2v) is 7.39. The third-order valence-electron chi connectivity index (χ3n) is 3.53. The van der Waals surface area contributed by atoms with Gasteiger partial charge >= 0.3 is 0 Å². The molecule has 0 aliphatic rings. The number of ether oxygens (including phenoxy) is 2. The van der Waals surface area contributed by atoms with Crippen LogP contribution in [0.3, 0.4) is 0 Å². The zero-order valence-electron chi connectivity index (χ0n) is 14.2. The minimum atomic E-state index is 0.00564. The van der Waals surface area contributed by atoms with Crippen LogP contribution in [0.25, 0.3) is 10.2 Å². The number of nitrogens with zero attached hydrogens (tertiary/aromatic N) is 2. The van der Waals surface area contributed by atoms with Gasteiger partial charge in [-0.05, 0) is 42.1 Å². The molecule has 0 radical (unpaired) electrons. The smallest absolute Gasteiger partial charge is 0.271 e. The van der Waals surface area contributed by atoms with Crippen molar-refractivity contribution in [3.05, 3.63) is 46.1 Å². The molecule has 3 rings (SSSR count). The summed E-state index contributed by atoms with van der Waals surface area (Å²) in [6.07, 6.45) is 0.989. The molecule has 5 nitrogen and oxygen atoms in total. The van der Waals surface area contributed by atoms with Gasteiger partial charge in [-0.2, -0.15) is 0 Å². The van der Waals surface area contributed by atoms with Crippen LogP contribution in [0.1, 0.15) is 13.3 Å². The van der Waals surface area contributed by atoms with Crippen molar-refractivity contribution in [3.8, 4) is 11.5 Å². The Morgan fingerprint density at radius 1 is 1.12 bits per heavy atom. The first kappa shape index (κ1) is 17.8. The van der Waals surface area contributed by atoms with Crippen molar-refractivity contribution in [2.75, 3.05) is 19.0 Å². The summed E-state index contributed by atoms with van der Waals surface area (Å²) in [5, 5.41) is 2.60. The number of aromatic nitrogens is 2. The van der Waals surface area contributed by atoms with Crippen molar-refractivity contribution in [1.29, 1.82) is 0 Å². The van der Waals surface area contributed by atoms with Gasteiger partial charge in [0, 0.05) is 12.8 Å². The predicted molar refractivity (Wildman–Crippen MR) is 103 cm³/mol. The SMILES string of the molecule is CCCOc1ccc(OCCSc2nc3ccsc3c(=O)n2C)cc1. The van der Waals surface area contributed by atoms with Crippen LogP contribution in [0.15, 0.2) is 45.7 Å². The first-order valence-corrected chi connectivity index (χ1v) is 9.98. The Hall–Kier alpha value is -1.99. The highest BCUT2D eigenvalue weighted by Crippen LogP contribution is 2.21. The van der Waals surface area contributed by atoms with Crippen molar-refractivity contribution in [2.24, 2.45) is 7.05 Å². The van der Waals surface area contributed by atoms with Gasteiger partial charge in [0.05, 0.1) is 18.7 Å². The fraction of sp³-hybridized carbons (Fsp3) is 0.333. The van der Waals surface area contributed by atoms with Gasteiger partial charge in [0.15, 0.2) is 5.16 Å². The molecule has 7 heteroatoms. The lowest BCUT2D eigenvalue weighted by molar-refractivity contribution is 0.314. The molecule has 1 aromatic carbocycles. The van der Waals surface area contributed by atoms with Gasteiger partial charge in [-0.1, -0.05) is 18.7 Å². The van der Waals surface area contributed by atoms with Gasteiger partial charge in [-0.25, -0.2) is 4.98 Å². The molecular weight excluding hydrogens is 356 g/mol. The number of rotatable bonds is 8. The summed E-state index contributed by atoms with van der Waals surface area (Å²) in [7, 11) is 1.76. The molecule has 3 aromatic rings. The lowest BCUT2D eigenvalue weighted by Gasteiger charge is -2.09. The van der Waals surface area contributed by atoms with Gasteiger partial charge in [0.1, 0.15) is 16.2 Å². The van der Waals surface area contributed by atoms with E-state index in [1.807, 2.05) is 35.7 Å². The number of fused-ring (bicyclic) bond motifs is 1. The van der Waals surface area contributed by atoms with Crippen LogP contribution in [-0.2, 0) is 7.05 Å². The van der Waals surface area contributed by atoms with Gasteiger partial charge in [-0.3, -0.25) is 9.36 Å². The maximum atomic E-state index is 12.2. The third-order valence-corrected chi connectivity index (χ3v) is 5.41. The standard InChI is InChI=1S/C18H20N2O3S2/c1-3-9-22-13-4-6-14(7-5-13)23-10-12-25-18-19-15-8-11-24-16(15)17(21)20(18)2/h4-8,11H,3,9-10,12H2,1-2H3. The molecule has 2 heterocycles. The fourth-order valence-electron chi connectivity index (χ4n) is 2.24. The molecule has 0 saturated heterocycles. The maximum absolute atomic E-state index is 12.2. The molecule has 0 unspecified atom stereocenters. The Kier molecular flexibility index (Phi) is 5.99. The highest BCUT2D eigenvalue weighted by molar-refractivity contribution is 7.99. The van der Waals surface area contributed by atoms with E-state index in [-0.39, 0.29) is 5.56 Å². The molecule has 0 amide bonds.